The zero-order valence-corrected chi connectivity index (χ0v) is 17.2. The van der Waals surface area contributed by atoms with Gasteiger partial charge in [0.25, 0.3) is 0 Å². The van der Waals surface area contributed by atoms with Crippen LogP contribution in [-0.2, 0) is 29.4 Å². The van der Waals surface area contributed by atoms with Crippen molar-refractivity contribution in [1.82, 2.24) is 4.31 Å². The molecule has 0 saturated heterocycles. The summed E-state index contributed by atoms with van der Waals surface area (Å²) in [6, 6.07) is 23.4. The van der Waals surface area contributed by atoms with Crippen LogP contribution in [0, 0.1) is 6.92 Å². The number of hydrogen-bond donors (Lipinski definition) is 0. The summed E-state index contributed by atoms with van der Waals surface area (Å²) >= 11 is 0. The summed E-state index contributed by atoms with van der Waals surface area (Å²) in [5, 5.41) is 0. The molecule has 0 unspecified atom stereocenters. The van der Waals surface area contributed by atoms with Crippen LogP contribution in [0.1, 0.15) is 27.8 Å². The van der Waals surface area contributed by atoms with Crippen molar-refractivity contribution in [3.63, 3.8) is 0 Å². The van der Waals surface area contributed by atoms with E-state index in [1.165, 1.54) is 39.6 Å². The first kappa shape index (κ1) is 18.9. The van der Waals surface area contributed by atoms with Gasteiger partial charge in [0.15, 0.2) is 0 Å². The molecule has 1 heterocycles. The van der Waals surface area contributed by atoms with E-state index in [-0.39, 0.29) is 0 Å². The third-order valence-corrected chi connectivity index (χ3v) is 6.83. The standard InChI is InChI=1S/C24H25NO2S/c1-18-11-12-19(16-24(18)20-7-4-3-5-8-20)15-21-9-6-10-22-17-25(28(2,26)27)14-13-23(21)22/h3-12,16H,13-15,17H2,1-2H3. The Kier molecular flexibility index (Phi) is 5.09. The second kappa shape index (κ2) is 7.53. The predicted molar refractivity (Wildman–Crippen MR) is 115 cm³/mol. The molecule has 0 bridgehead atoms. The maximum atomic E-state index is 11.9. The van der Waals surface area contributed by atoms with Crippen molar-refractivity contribution in [3.05, 3.63) is 94.5 Å². The van der Waals surface area contributed by atoms with Crippen molar-refractivity contribution in [2.75, 3.05) is 12.8 Å². The fourth-order valence-corrected chi connectivity index (χ4v) is 4.84. The zero-order chi connectivity index (χ0) is 19.7. The fourth-order valence-electron chi connectivity index (χ4n) is 4.04. The molecule has 4 heteroatoms. The van der Waals surface area contributed by atoms with E-state index in [0.29, 0.717) is 13.1 Å². The first-order valence-corrected chi connectivity index (χ1v) is 11.5. The molecule has 0 amide bonds. The van der Waals surface area contributed by atoms with Crippen molar-refractivity contribution in [3.8, 4) is 11.1 Å². The van der Waals surface area contributed by atoms with Gasteiger partial charge in [0.1, 0.15) is 0 Å². The van der Waals surface area contributed by atoms with Gasteiger partial charge in [-0.05, 0) is 58.7 Å². The van der Waals surface area contributed by atoms with Crippen LogP contribution in [-0.4, -0.2) is 25.5 Å². The van der Waals surface area contributed by atoms with Crippen LogP contribution in [0.15, 0.2) is 66.7 Å². The molecule has 28 heavy (non-hydrogen) atoms. The number of fused-ring (bicyclic) bond motifs is 1. The summed E-state index contributed by atoms with van der Waals surface area (Å²) in [6.07, 6.45) is 2.93. The SMILES string of the molecule is Cc1ccc(Cc2cccc3c2CCN(S(C)(=O)=O)C3)cc1-c1ccccc1. The Morgan fingerprint density at radius 3 is 2.50 bits per heavy atom. The van der Waals surface area contributed by atoms with Crippen molar-refractivity contribution in [2.45, 2.75) is 26.3 Å². The number of nitrogens with zero attached hydrogens (tertiary/aromatic N) is 1. The van der Waals surface area contributed by atoms with Gasteiger partial charge in [0, 0.05) is 13.1 Å². The molecular formula is C24H25NO2S. The van der Waals surface area contributed by atoms with E-state index in [4.69, 9.17) is 0 Å². The van der Waals surface area contributed by atoms with Gasteiger partial charge in [0.2, 0.25) is 10.0 Å². The molecule has 3 aromatic carbocycles. The zero-order valence-electron chi connectivity index (χ0n) is 16.4. The molecule has 0 radical (unpaired) electrons. The molecule has 0 spiro atoms. The molecule has 0 aliphatic carbocycles. The largest absolute Gasteiger partial charge is 0.212 e. The van der Waals surface area contributed by atoms with Crippen LogP contribution in [0.25, 0.3) is 11.1 Å². The van der Waals surface area contributed by atoms with Crippen LogP contribution >= 0.6 is 0 Å². The third-order valence-electron chi connectivity index (χ3n) is 5.58. The molecule has 144 valence electrons. The summed E-state index contributed by atoms with van der Waals surface area (Å²) in [6.45, 7) is 3.19. The lowest BCUT2D eigenvalue weighted by atomic mass is 9.90. The van der Waals surface area contributed by atoms with E-state index in [1.807, 2.05) is 12.1 Å². The average Bonchev–Trinajstić information content (AvgIpc) is 2.69. The molecule has 0 saturated carbocycles. The van der Waals surface area contributed by atoms with Gasteiger partial charge in [0.05, 0.1) is 6.26 Å². The average molecular weight is 392 g/mol. The maximum absolute atomic E-state index is 11.9. The van der Waals surface area contributed by atoms with Crippen molar-refractivity contribution in [1.29, 1.82) is 0 Å². The lowest BCUT2D eigenvalue weighted by molar-refractivity contribution is 0.394. The van der Waals surface area contributed by atoms with Gasteiger partial charge in [-0.15, -0.1) is 0 Å². The van der Waals surface area contributed by atoms with E-state index in [2.05, 4.69) is 61.5 Å². The first-order chi connectivity index (χ1) is 13.4. The van der Waals surface area contributed by atoms with E-state index in [0.717, 1.165) is 18.4 Å². The van der Waals surface area contributed by atoms with Gasteiger partial charge < -0.3 is 0 Å². The van der Waals surface area contributed by atoms with E-state index in [1.54, 1.807) is 4.31 Å². The van der Waals surface area contributed by atoms with Crippen LogP contribution in [0.2, 0.25) is 0 Å². The molecule has 3 aromatic rings. The number of sulfonamides is 1. The second-order valence-electron chi connectivity index (χ2n) is 7.59. The van der Waals surface area contributed by atoms with Crippen LogP contribution in [0.3, 0.4) is 0 Å². The van der Waals surface area contributed by atoms with Crippen molar-refractivity contribution < 1.29 is 8.42 Å². The Morgan fingerprint density at radius 2 is 1.75 bits per heavy atom. The summed E-state index contributed by atoms with van der Waals surface area (Å²) in [7, 11) is -3.15. The Bertz CT molecular complexity index is 1100. The van der Waals surface area contributed by atoms with Crippen molar-refractivity contribution in [2.24, 2.45) is 0 Å². The summed E-state index contributed by atoms with van der Waals surface area (Å²) < 4.78 is 25.4. The Labute approximate surface area is 167 Å². The number of benzene rings is 3. The predicted octanol–water partition coefficient (Wildman–Crippen LogP) is 4.57. The highest BCUT2D eigenvalue weighted by Crippen LogP contribution is 2.28. The molecule has 0 fully saturated rings. The smallest absolute Gasteiger partial charge is 0.211 e. The van der Waals surface area contributed by atoms with Gasteiger partial charge >= 0.3 is 0 Å². The molecule has 0 atom stereocenters. The van der Waals surface area contributed by atoms with E-state index in [9.17, 15) is 8.42 Å². The van der Waals surface area contributed by atoms with Crippen LogP contribution in [0.5, 0.6) is 0 Å². The molecule has 4 rings (SSSR count). The van der Waals surface area contributed by atoms with E-state index < -0.39 is 10.0 Å². The van der Waals surface area contributed by atoms with E-state index >= 15 is 0 Å². The summed E-state index contributed by atoms with van der Waals surface area (Å²) in [4.78, 5) is 0. The molecule has 1 aliphatic heterocycles. The van der Waals surface area contributed by atoms with Crippen LogP contribution in [0.4, 0.5) is 0 Å². The molecule has 0 N–H and O–H groups in total. The topological polar surface area (TPSA) is 37.4 Å². The minimum Gasteiger partial charge on any atom is -0.212 e. The first-order valence-electron chi connectivity index (χ1n) is 9.61. The van der Waals surface area contributed by atoms with Gasteiger partial charge in [-0.25, -0.2) is 8.42 Å². The Balaban J connectivity index is 1.65. The number of aryl methyl sites for hydroxylation is 1. The normalized spacial score (nSPS) is 14.6. The maximum Gasteiger partial charge on any atom is 0.211 e. The molecule has 1 aliphatic rings. The highest BCUT2D eigenvalue weighted by molar-refractivity contribution is 7.88. The highest BCUT2D eigenvalue weighted by atomic mass is 32.2. The number of hydrogen-bond acceptors (Lipinski definition) is 2. The fraction of sp³-hybridized carbons (Fsp3) is 0.250. The minimum atomic E-state index is -3.15. The monoisotopic (exact) mass is 391 g/mol. The Morgan fingerprint density at radius 1 is 0.964 bits per heavy atom. The van der Waals surface area contributed by atoms with Crippen LogP contribution < -0.4 is 0 Å². The lowest BCUT2D eigenvalue weighted by Crippen LogP contribution is -2.35. The summed E-state index contributed by atoms with van der Waals surface area (Å²) in [5.41, 5.74) is 8.80. The molecular weight excluding hydrogens is 366 g/mol. The minimum absolute atomic E-state index is 0.477. The van der Waals surface area contributed by atoms with Crippen molar-refractivity contribution >= 4 is 10.0 Å². The molecule has 3 nitrogen and oxygen atoms in total. The van der Waals surface area contributed by atoms with Gasteiger partial charge in [-0.2, -0.15) is 4.31 Å². The van der Waals surface area contributed by atoms with Gasteiger partial charge in [-0.1, -0.05) is 66.7 Å². The van der Waals surface area contributed by atoms with Gasteiger partial charge in [-0.3, -0.25) is 0 Å². The Hall–Kier alpha value is -2.43. The lowest BCUT2D eigenvalue weighted by Gasteiger charge is -2.28. The quantitative estimate of drug-likeness (QED) is 0.653. The summed E-state index contributed by atoms with van der Waals surface area (Å²) in [5.74, 6) is 0. The number of rotatable bonds is 4. The third kappa shape index (κ3) is 3.89. The molecule has 0 aromatic heterocycles. The highest BCUT2D eigenvalue weighted by Gasteiger charge is 2.24. The second-order valence-corrected chi connectivity index (χ2v) is 9.58.